The van der Waals surface area contributed by atoms with Gasteiger partial charge in [0, 0.05) is 11.8 Å². The van der Waals surface area contributed by atoms with Crippen LogP contribution in [0, 0.1) is 11.3 Å². The topological polar surface area (TPSA) is 54.5 Å². The summed E-state index contributed by atoms with van der Waals surface area (Å²) in [6.45, 7) is 2.09. The molecule has 0 radical (unpaired) electrons. The van der Waals surface area contributed by atoms with E-state index < -0.39 is 0 Å². The molecule has 3 rings (SSSR count). The summed E-state index contributed by atoms with van der Waals surface area (Å²) >= 11 is 3.60. The molecule has 2 heterocycles. The standard InChI is InChI=1S/C18H13BrN2O2/c1-2-23-18(22)17-15(13-8-6-12(11-20)7-9-13)16(19)14-5-3-4-10-21(14)17/h3-10H,2H2,1H3. The first kappa shape index (κ1) is 15.3. The number of hydrogen-bond donors (Lipinski definition) is 0. The minimum Gasteiger partial charge on any atom is -0.461 e. The predicted octanol–water partition coefficient (Wildman–Crippen LogP) is 4.42. The summed E-state index contributed by atoms with van der Waals surface area (Å²) in [7, 11) is 0. The molecule has 1 aromatic carbocycles. The molecule has 0 saturated carbocycles. The number of nitrogens with zero attached hydrogens (tertiary/aromatic N) is 2. The lowest BCUT2D eigenvalue weighted by atomic mass is 10.0. The van der Waals surface area contributed by atoms with Crippen molar-refractivity contribution < 1.29 is 9.53 Å². The number of ether oxygens (including phenoxy) is 1. The number of halogens is 1. The van der Waals surface area contributed by atoms with Crippen molar-refractivity contribution in [3.63, 3.8) is 0 Å². The van der Waals surface area contributed by atoms with Crippen molar-refractivity contribution in [2.24, 2.45) is 0 Å². The number of pyridine rings is 1. The smallest absolute Gasteiger partial charge is 0.355 e. The predicted molar refractivity (Wildman–Crippen MR) is 91.2 cm³/mol. The third-order valence-electron chi connectivity index (χ3n) is 3.55. The zero-order chi connectivity index (χ0) is 16.4. The van der Waals surface area contributed by atoms with Crippen LogP contribution in [0.3, 0.4) is 0 Å². The molecule has 0 aliphatic heterocycles. The van der Waals surface area contributed by atoms with Gasteiger partial charge in [0.25, 0.3) is 0 Å². The first-order valence-corrected chi connectivity index (χ1v) is 7.93. The van der Waals surface area contributed by atoms with Crippen LogP contribution in [0.2, 0.25) is 0 Å². The van der Waals surface area contributed by atoms with Crippen molar-refractivity contribution in [1.29, 1.82) is 5.26 Å². The third-order valence-corrected chi connectivity index (χ3v) is 4.36. The molecule has 23 heavy (non-hydrogen) atoms. The Hall–Kier alpha value is -2.58. The number of rotatable bonds is 3. The second kappa shape index (κ2) is 6.27. The van der Waals surface area contributed by atoms with Gasteiger partial charge < -0.3 is 9.14 Å². The first-order valence-electron chi connectivity index (χ1n) is 7.13. The molecule has 0 saturated heterocycles. The molecule has 0 bridgehead atoms. The molecule has 4 nitrogen and oxygen atoms in total. The van der Waals surface area contributed by atoms with Gasteiger partial charge in [0.1, 0.15) is 5.69 Å². The number of hydrogen-bond acceptors (Lipinski definition) is 3. The van der Waals surface area contributed by atoms with E-state index in [1.165, 1.54) is 0 Å². The number of carbonyl (C=O) groups excluding carboxylic acids is 1. The van der Waals surface area contributed by atoms with E-state index in [0.29, 0.717) is 17.9 Å². The van der Waals surface area contributed by atoms with Crippen LogP contribution < -0.4 is 0 Å². The highest BCUT2D eigenvalue weighted by molar-refractivity contribution is 9.10. The highest BCUT2D eigenvalue weighted by Gasteiger charge is 2.24. The lowest BCUT2D eigenvalue weighted by Gasteiger charge is -2.06. The van der Waals surface area contributed by atoms with Crippen LogP contribution >= 0.6 is 15.9 Å². The number of nitriles is 1. The molecule has 0 aliphatic rings. The lowest BCUT2D eigenvalue weighted by molar-refractivity contribution is 0.0519. The summed E-state index contributed by atoms with van der Waals surface area (Å²) < 4.78 is 7.86. The summed E-state index contributed by atoms with van der Waals surface area (Å²) in [6.07, 6.45) is 1.83. The Morgan fingerprint density at radius 2 is 2.00 bits per heavy atom. The SMILES string of the molecule is CCOC(=O)c1c(-c2ccc(C#N)cc2)c(Br)c2ccccn12. The molecule has 0 N–H and O–H groups in total. The molecule has 3 aromatic rings. The molecule has 2 aromatic heterocycles. The number of aromatic nitrogens is 1. The molecule has 0 amide bonds. The fourth-order valence-corrected chi connectivity index (χ4v) is 3.28. The van der Waals surface area contributed by atoms with Gasteiger partial charge in [0.15, 0.2) is 0 Å². The quantitative estimate of drug-likeness (QED) is 0.643. The van der Waals surface area contributed by atoms with E-state index in [1.54, 1.807) is 19.1 Å². The van der Waals surface area contributed by atoms with Gasteiger partial charge in [0.2, 0.25) is 0 Å². The van der Waals surface area contributed by atoms with E-state index in [4.69, 9.17) is 10.00 Å². The maximum Gasteiger partial charge on any atom is 0.355 e. The van der Waals surface area contributed by atoms with Crippen LogP contribution in [0.4, 0.5) is 0 Å². The molecule has 114 valence electrons. The molecule has 5 heteroatoms. The Kier molecular flexibility index (Phi) is 4.18. The average molecular weight is 369 g/mol. The van der Waals surface area contributed by atoms with Gasteiger partial charge in [0.05, 0.1) is 28.2 Å². The summed E-state index contributed by atoms with van der Waals surface area (Å²) in [5, 5.41) is 8.94. The van der Waals surface area contributed by atoms with Crippen LogP contribution in [0.15, 0.2) is 53.1 Å². The highest BCUT2D eigenvalue weighted by Crippen LogP contribution is 2.37. The fourth-order valence-electron chi connectivity index (χ4n) is 2.54. The normalized spacial score (nSPS) is 10.5. The van der Waals surface area contributed by atoms with Gasteiger partial charge in [-0.05, 0) is 52.7 Å². The van der Waals surface area contributed by atoms with Crippen molar-refractivity contribution >= 4 is 27.4 Å². The maximum atomic E-state index is 12.5. The lowest BCUT2D eigenvalue weighted by Crippen LogP contribution is -2.09. The fraction of sp³-hybridized carbons (Fsp3) is 0.111. The van der Waals surface area contributed by atoms with Crippen LogP contribution in [0.1, 0.15) is 23.0 Å². The van der Waals surface area contributed by atoms with Gasteiger partial charge >= 0.3 is 5.97 Å². The number of fused-ring (bicyclic) bond motifs is 1. The van der Waals surface area contributed by atoms with E-state index in [1.807, 2.05) is 40.9 Å². The number of benzene rings is 1. The van der Waals surface area contributed by atoms with Crippen LogP contribution in [-0.2, 0) is 4.74 Å². The van der Waals surface area contributed by atoms with E-state index >= 15 is 0 Å². The summed E-state index contributed by atoms with van der Waals surface area (Å²) in [6, 6.07) is 14.9. The second-order valence-corrected chi connectivity index (χ2v) is 5.70. The Labute approximate surface area is 142 Å². The van der Waals surface area contributed by atoms with Crippen molar-refractivity contribution in [2.45, 2.75) is 6.92 Å². The molecular weight excluding hydrogens is 356 g/mol. The molecule has 0 atom stereocenters. The van der Waals surface area contributed by atoms with Crippen LogP contribution in [0.5, 0.6) is 0 Å². The van der Waals surface area contributed by atoms with Gasteiger partial charge in [-0.25, -0.2) is 4.79 Å². The van der Waals surface area contributed by atoms with Crippen molar-refractivity contribution in [1.82, 2.24) is 4.40 Å². The summed E-state index contributed by atoms with van der Waals surface area (Å²) in [5.41, 5.74) is 3.54. The van der Waals surface area contributed by atoms with E-state index in [-0.39, 0.29) is 5.97 Å². The molecule has 0 spiro atoms. The second-order valence-electron chi connectivity index (χ2n) is 4.90. The minimum atomic E-state index is -0.376. The van der Waals surface area contributed by atoms with Crippen LogP contribution in [-0.4, -0.2) is 17.0 Å². The Morgan fingerprint density at radius 1 is 1.26 bits per heavy atom. The van der Waals surface area contributed by atoms with Crippen LogP contribution in [0.25, 0.3) is 16.6 Å². The number of esters is 1. The Balaban J connectivity index is 2.29. The Bertz CT molecular complexity index is 921. The maximum absolute atomic E-state index is 12.5. The third kappa shape index (κ3) is 2.62. The van der Waals surface area contributed by atoms with Gasteiger partial charge in [-0.1, -0.05) is 18.2 Å². The largest absolute Gasteiger partial charge is 0.461 e. The molecule has 0 fully saturated rings. The van der Waals surface area contributed by atoms with E-state index in [9.17, 15) is 4.79 Å². The summed E-state index contributed by atoms with van der Waals surface area (Å²) in [5.74, 6) is -0.376. The first-order chi connectivity index (χ1) is 11.2. The van der Waals surface area contributed by atoms with E-state index in [0.717, 1.165) is 21.1 Å². The molecule has 0 unspecified atom stereocenters. The number of carbonyl (C=O) groups is 1. The van der Waals surface area contributed by atoms with Crippen molar-refractivity contribution in [2.75, 3.05) is 6.61 Å². The highest BCUT2D eigenvalue weighted by atomic mass is 79.9. The van der Waals surface area contributed by atoms with Gasteiger partial charge in [-0.2, -0.15) is 5.26 Å². The Morgan fingerprint density at radius 3 is 2.65 bits per heavy atom. The van der Waals surface area contributed by atoms with Crippen molar-refractivity contribution in [3.8, 4) is 17.2 Å². The zero-order valence-electron chi connectivity index (χ0n) is 12.4. The monoisotopic (exact) mass is 368 g/mol. The summed E-state index contributed by atoms with van der Waals surface area (Å²) in [4.78, 5) is 12.5. The van der Waals surface area contributed by atoms with Gasteiger partial charge in [-0.15, -0.1) is 0 Å². The zero-order valence-corrected chi connectivity index (χ0v) is 14.0. The molecule has 0 aliphatic carbocycles. The van der Waals surface area contributed by atoms with E-state index in [2.05, 4.69) is 22.0 Å². The van der Waals surface area contributed by atoms with Crippen molar-refractivity contribution in [3.05, 3.63) is 64.4 Å². The minimum absolute atomic E-state index is 0.309. The molecular formula is C18H13BrN2O2. The van der Waals surface area contributed by atoms with Gasteiger partial charge in [-0.3, -0.25) is 0 Å². The average Bonchev–Trinajstić information content (AvgIpc) is 2.88.